The van der Waals surface area contributed by atoms with E-state index in [1.54, 1.807) is 18.2 Å². The Morgan fingerprint density at radius 2 is 1.59 bits per heavy atom. The van der Waals surface area contributed by atoms with Gasteiger partial charge in [0.1, 0.15) is 5.82 Å². The maximum Gasteiger partial charge on any atom is 0.224 e. The summed E-state index contributed by atoms with van der Waals surface area (Å²) in [6, 6.07) is 13.1. The van der Waals surface area contributed by atoms with Crippen molar-refractivity contribution in [1.29, 1.82) is 0 Å². The highest BCUT2D eigenvalue weighted by atomic mass is 19.1. The smallest absolute Gasteiger partial charge is 0.224 e. The maximum atomic E-state index is 13.6. The van der Waals surface area contributed by atoms with Crippen molar-refractivity contribution < 1.29 is 18.8 Å². The van der Waals surface area contributed by atoms with Crippen molar-refractivity contribution >= 4 is 23.3 Å². The molecule has 0 unspecified atom stereocenters. The third-order valence-electron chi connectivity index (χ3n) is 5.08. The molecule has 1 aliphatic rings. The van der Waals surface area contributed by atoms with Crippen LogP contribution in [-0.2, 0) is 16.0 Å². The van der Waals surface area contributed by atoms with E-state index in [1.165, 1.54) is 18.2 Å². The van der Waals surface area contributed by atoms with E-state index in [9.17, 15) is 18.8 Å². The molecule has 0 aromatic heterocycles. The second-order valence-electron chi connectivity index (χ2n) is 7.24. The predicted molar refractivity (Wildman–Crippen MR) is 109 cm³/mol. The average molecular weight is 396 g/mol. The van der Waals surface area contributed by atoms with Crippen LogP contribution in [0, 0.1) is 5.82 Å². The lowest BCUT2D eigenvalue weighted by Gasteiger charge is -2.15. The fourth-order valence-electron chi connectivity index (χ4n) is 3.40. The molecule has 0 radical (unpaired) electrons. The summed E-state index contributed by atoms with van der Waals surface area (Å²) >= 11 is 0. The number of aryl methyl sites for hydroxylation is 1. The van der Waals surface area contributed by atoms with Gasteiger partial charge in [0.05, 0.1) is 5.56 Å². The molecule has 1 saturated heterocycles. The van der Waals surface area contributed by atoms with E-state index in [0.717, 1.165) is 31.5 Å². The number of carbonyl (C=O) groups is 3. The molecule has 1 aliphatic heterocycles. The fraction of sp³-hybridized carbons (Fsp3) is 0.348. The van der Waals surface area contributed by atoms with E-state index in [2.05, 4.69) is 5.32 Å². The minimum Gasteiger partial charge on any atom is -0.343 e. The fourth-order valence-corrected chi connectivity index (χ4v) is 3.40. The first kappa shape index (κ1) is 20.7. The number of likely N-dealkylation sites (tertiary alicyclic amines) is 1. The summed E-state index contributed by atoms with van der Waals surface area (Å²) in [5, 5.41) is 2.74. The minimum atomic E-state index is -0.572. The molecular formula is C23H25FN2O3. The van der Waals surface area contributed by atoms with Gasteiger partial charge in [-0.1, -0.05) is 24.3 Å². The molecule has 0 spiro atoms. The zero-order chi connectivity index (χ0) is 20.6. The Kier molecular flexibility index (Phi) is 7.11. The number of benzene rings is 2. The topological polar surface area (TPSA) is 66.5 Å². The van der Waals surface area contributed by atoms with Crippen LogP contribution in [0.5, 0.6) is 0 Å². The van der Waals surface area contributed by atoms with Gasteiger partial charge < -0.3 is 10.2 Å². The molecule has 0 atom stereocenters. The standard InChI is InChI=1S/C23H25FN2O3/c24-20-6-2-1-5-19(20)21(27)12-13-22(28)25-18-10-7-17(8-11-18)9-14-23(29)26-15-3-4-16-26/h1-2,5-8,10-11H,3-4,9,12-16H2,(H,25,28). The average Bonchev–Trinajstić information content (AvgIpc) is 3.27. The second-order valence-corrected chi connectivity index (χ2v) is 7.24. The molecule has 1 N–H and O–H groups in total. The summed E-state index contributed by atoms with van der Waals surface area (Å²) < 4.78 is 13.6. The lowest BCUT2D eigenvalue weighted by Crippen LogP contribution is -2.27. The Labute approximate surface area is 169 Å². The summed E-state index contributed by atoms with van der Waals surface area (Å²) in [6.07, 6.45) is 3.27. The van der Waals surface area contributed by atoms with Crippen LogP contribution in [0.4, 0.5) is 10.1 Å². The molecule has 0 bridgehead atoms. The van der Waals surface area contributed by atoms with Gasteiger partial charge in [-0.15, -0.1) is 0 Å². The van der Waals surface area contributed by atoms with E-state index in [0.29, 0.717) is 18.5 Å². The molecule has 6 heteroatoms. The van der Waals surface area contributed by atoms with Gasteiger partial charge in [-0.25, -0.2) is 4.39 Å². The monoisotopic (exact) mass is 396 g/mol. The first-order valence-corrected chi connectivity index (χ1v) is 9.97. The molecule has 3 rings (SSSR count). The number of anilines is 1. The van der Waals surface area contributed by atoms with Crippen LogP contribution in [0.3, 0.4) is 0 Å². The second kappa shape index (κ2) is 9.96. The number of amides is 2. The van der Waals surface area contributed by atoms with Crippen molar-refractivity contribution in [3.8, 4) is 0 Å². The summed E-state index contributed by atoms with van der Waals surface area (Å²) in [5.41, 5.74) is 1.67. The lowest BCUT2D eigenvalue weighted by atomic mass is 10.1. The predicted octanol–water partition coefficient (Wildman–Crippen LogP) is 3.98. The number of hydrogen-bond donors (Lipinski definition) is 1. The van der Waals surface area contributed by atoms with Gasteiger partial charge in [0.15, 0.2) is 5.78 Å². The number of ketones is 1. The van der Waals surface area contributed by atoms with Crippen molar-refractivity contribution in [3.05, 3.63) is 65.5 Å². The molecule has 29 heavy (non-hydrogen) atoms. The first-order chi connectivity index (χ1) is 14.0. The molecule has 1 heterocycles. The molecule has 0 aliphatic carbocycles. The maximum absolute atomic E-state index is 13.6. The Morgan fingerprint density at radius 3 is 2.28 bits per heavy atom. The summed E-state index contributed by atoms with van der Waals surface area (Å²) in [7, 11) is 0. The number of nitrogens with zero attached hydrogens (tertiary/aromatic N) is 1. The van der Waals surface area contributed by atoms with Crippen molar-refractivity contribution in [2.45, 2.75) is 38.5 Å². The van der Waals surface area contributed by atoms with Crippen LogP contribution in [-0.4, -0.2) is 35.6 Å². The Morgan fingerprint density at radius 1 is 0.897 bits per heavy atom. The molecule has 2 aromatic carbocycles. The number of Topliss-reactive ketones (excluding diaryl/α,β-unsaturated/α-hetero) is 1. The van der Waals surface area contributed by atoms with E-state index >= 15 is 0 Å². The normalized spacial score (nSPS) is 13.3. The first-order valence-electron chi connectivity index (χ1n) is 9.97. The zero-order valence-corrected chi connectivity index (χ0v) is 16.3. The van der Waals surface area contributed by atoms with Crippen LogP contribution in [0.2, 0.25) is 0 Å². The van der Waals surface area contributed by atoms with Crippen LogP contribution in [0.15, 0.2) is 48.5 Å². The van der Waals surface area contributed by atoms with Gasteiger partial charge in [0.2, 0.25) is 11.8 Å². The van der Waals surface area contributed by atoms with Crippen molar-refractivity contribution in [1.82, 2.24) is 4.90 Å². The molecule has 2 amide bonds. The summed E-state index contributed by atoms with van der Waals surface area (Å²) in [4.78, 5) is 38.1. The highest BCUT2D eigenvalue weighted by Gasteiger charge is 2.17. The Bertz CT molecular complexity index is 874. The van der Waals surface area contributed by atoms with Gasteiger partial charge in [-0.2, -0.15) is 0 Å². The number of carbonyl (C=O) groups excluding carboxylic acids is 3. The largest absolute Gasteiger partial charge is 0.343 e. The van der Waals surface area contributed by atoms with E-state index < -0.39 is 11.6 Å². The molecule has 5 nitrogen and oxygen atoms in total. The third-order valence-corrected chi connectivity index (χ3v) is 5.08. The molecule has 0 saturated carbocycles. The summed E-state index contributed by atoms with van der Waals surface area (Å²) in [5.74, 6) is -1.07. The number of halogens is 1. The van der Waals surface area contributed by atoms with Gasteiger partial charge >= 0.3 is 0 Å². The van der Waals surface area contributed by atoms with Crippen LogP contribution in [0.1, 0.15) is 48.0 Å². The number of hydrogen-bond acceptors (Lipinski definition) is 3. The quantitative estimate of drug-likeness (QED) is 0.687. The molecular weight excluding hydrogens is 371 g/mol. The van der Waals surface area contributed by atoms with E-state index in [1.807, 2.05) is 17.0 Å². The number of rotatable bonds is 8. The SMILES string of the molecule is O=C(CCC(=O)c1ccccc1F)Nc1ccc(CCC(=O)N2CCCC2)cc1. The molecule has 1 fully saturated rings. The highest BCUT2D eigenvalue weighted by molar-refractivity contribution is 6.00. The minimum absolute atomic E-state index is 0.00753. The van der Waals surface area contributed by atoms with Crippen LogP contribution < -0.4 is 5.32 Å². The zero-order valence-electron chi connectivity index (χ0n) is 16.3. The van der Waals surface area contributed by atoms with Gasteiger partial charge in [-0.3, -0.25) is 14.4 Å². The highest BCUT2D eigenvalue weighted by Crippen LogP contribution is 2.15. The van der Waals surface area contributed by atoms with Crippen LogP contribution in [0.25, 0.3) is 0 Å². The molecule has 2 aromatic rings. The lowest BCUT2D eigenvalue weighted by molar-refractivity contribution is -0.130. The van der Waals surface area contributed by atoms with E-state index in [4.69, 9.17) is 0 Å². The van der Waals surface area contributed by atoms with Crippen molar-refractivity contribution in [3.63, 3.8) is 0 Å². The molecule has 152 valence electrons. The summed E-state index contributed by atoms with van der Waals surface area (Å²) in [6.45, 7) is 1.73. The third kappa shape index (κ3) is 5.98. The van der Waals surface area contributed by atoms with E-state index in [-0.39, 0.29) is 30.2 Å². The van der Waals surface area contributed by atoms with Crippen molar-refractivity contribution in [2.24, 2.45) is 0 Å². The van der Waals surface area contributed by atoms with Crippen molar-refractivity contribution in [2.75, 3.05) is 18.4 Å². The Hall–Kier alpha value is -3.02. The number of nitrogens with one attached hydrogen (secondary N) is 1. The van der Waals surface area contributed by atoms with Gasteiger partial charge in [0.25, 0.3) is 0 Å². The van der Waals surface area contributed by atoms with Gasteiger partial charge in [-0.05, 0) is 49.1 Å². The van der Waals surface area contributed by atoms with Gasteiger partial charge in [0, 0.05) is 38.0 Å². The van der Waals surface area contributed by atoms with Crippen LogP contribution >= 0.6 is 0 Å². The Balaban J connectivity index is 1.43.